The van der Waals surface area contributed by atoms with E-state index >= 15 is 0 Å². The van der Waals surface area contributed by atoms with Crippen molar-refractivity contribution >= 4 is 32.3 Å². The lowest BCUT2D eigenvalue weighted by molar-refractivity contribution is 0.102. The Morgan fingerprint density at radius 2 is 1.91 bits per heavy atom. The summed E-state index contributed by atoms with van der Waals surface area (Å²) in [4.78, 5) is 17.9. The molecule has 4 aromatic rings. The molecule has 0 saturated heterocycles. The molecule has 0 bridgehead atoms. The third-order valence-electron chi connectivity index (χ3n) is 5.17. The van der Waals surface area contributed by atoms with Gasteiger partial charge in [0.1, 0.15) is 5.75 Å². The zero-order valence-corrected chi connectivity index (χ0v) is 18.4. The topological polar surface area (TPSA) is 114 Å². The fraction of sp³-hybridized carbons (Fsp3) is 0.174. The minimum absolute atomic E-state index is 0.0192. The van der Waals surface area contributed by atoms with Crippen molar-refractivity contribution < 1.29 is 18.3 Å². The Labute approximate surface area is 185 Å². The fourth-order valence-electron chi connectivity index (χ4n) is 3.34. The van der Waals surface area contributed by atoms with Crippen LogP contribution >= 0.6 is 0 Å². The maximum Gasteiger partial charge on any atom is 0.256 e. The van der Waals surface area contributed by atoms with E-state index < -0.39 is 15.7 Å². The number of aryl methyl sites for hydroxylation is 1. The molecule has 0 aliphatic carbocycles. The van der Waals surface area contributed by atoms with Gasteiger partial charge < -0.3 is 10.4 Å². The van der Waals surface area contributed by atoms with Crippen molar-refractivity contribution in [3.63, 3.8) is 0 Å². The quantitative estimate of drug-likeness (QED) is 0.431. The summed E-state index contributed by atoms with van der Waals surface area (Å²) in [6.45, 7) is 4.21. The van der Waals surface area contributed by atoms with E-state index in [0.29, 0.717) is 28.7 Å². The van der Waals surface area contributed by atoms with Gasteiger partial charge in [0.25, 0.3) is 5.91 Å². The van der Waals surface area contributed by atoms with Gasteiger partial charge in [-0.25, -0.2) is 13.4 Å². The molecule has 0 aliphatic rings. The highest BCUT2D eigenvalue weighted by atomic mass is 32.2. The molecule has 2 aromatic heterocycles. The average Bonchev–Trinajstić information content (AvgIpc) is 3.29. The molecule has 0 spiro atoms. The Morgan fingerprint density at radius 3 is 2.62 bits per heavy atom. The van der Waals surface area contributed by atoms with Gasteiger partial charge in [-0.1, -0.05) is 25.1 Å². The van der Waals surface area contributed by atoms with Crippen molar-refractivity contribution in [1.82, 2.24) is 14.8 Å². The highest BCUT2D eigenvalue weighted by Gasteiger charge is 2.18. The van der Waals surface area contributed by atoms with E-state index in [1.807, 2.05) is 31.3 Å². The molecule has 32 heavy (non-hydrogen) atoms. The van der Waals surface area contributed by atoms with Gasteiger partial charge in [-0.3, -0.25) is 9.48 Å². The first kappa shape index (κ1) is 21.5. The summed E-state index contributed by atoms with van der Waals surface area (Å²) < 4.78 is 26.2. The van der Waals surface area contributed by atoms with Gasteiger partial charge in [0.2, 0.25) is 0 Å². The molecule has 164 valence electrons. The number of sulfone groups is 1. The van der Waals surface area contributed by atoms with Gasteiger partial charge >= 0.3 is 0 Å². The molecule has 2 N–H and O–H groups in total. The molecule has 4 rings (SSSR count). The first-order chi connectivity index (χ1) is 15.3. The highest BCUT2D eigenvalue weighted by Crippen LogP contribution is 2.29. The summed E-state index contributed by atoms with van der Waals surface area (Å²) in [6.07, 6.45) is 3.54. The van der Waals surface area contributed by atoms with E-state index in [0.717, 1.165) is 5.56 Å². The summed E-state index contributed by atoms with van der Waals surface area (Å²) in [6, 6.07) is 12.7. The van der Waals surface area contributed by atoms with Crippen molar-refractivity contribution in [3.05, 3.63) is 66.5 Å². The molecule has 0 aliphatic heterocycles. The van der Waals surface area contributed by atoms with E-state index in [2.05, 4.69) is 15.4 Å². The van der Waals surface area contributed by atoms with Crippen molar-refractivity contribution in [2.75, 3.05) is 11.1 Å². The van der Waals surface area contributed by atoms with E-state index in [9.17, 15) is 18.3 Å². The van der Waals surface area contributed by atoms with Crippen LogP contribution in [0.3, 0.4) is 0 Å². The van der Waals surface area contributed by atoms with Crippen LogP contribution in [0.1, 0.15) is 24.2 Å². The molecule has 0 radical (unpaired) electrons. The largest absolute Gasteiger partial charge is 0.506 e. The van der Waals surface area contributed by atoms with Crippen molar-refractivity contribution in [1.29, 1.82) is 0 Å². The summed E-state index contributed by atoms with van der Waals surface area (Å²) in [5, 5.41) is 17.8. The van der Waals surface area contributed by atoms with Crippen LogP contribution in [-0.2, 0) is 16.4 Å². The summed E-state index contributed by atoms with van der Waals surface area (Å²) in [7, 11) is -3.50. The second-order valence-electron chi connectivity index (χ2n) is 7.19. The zero-order chi connectivity index (χ0) is 22.9. The zero-order valence-electron chi connectivity index (χ0n) is 17.6. The molecule has 8 nitrogen and oxygen atoms in total. The number of pyridine rings is 1. The van der Waals surface area contributed by atoms with Crippen LogP contribution in [0.5, 0.6) is 5.75 Å². The number of hydrogen-bond acceptors (Lipinski definition) is 6. The predicted molar refractivity (Wildman–Crippen MR) is 122 cm³/mol. The van der Waals surface area contributed by atoms with Crippen LogP contribution in [0.2, 0.25) is 0 Å². The second-order valence-corrected chi connectivity index (χ2v) is 9.47. The summed E-state index contributed by atoms with van der Waals surface area (Å²) >= 11 is 0. The highest BCUT2D eigenvalue weighted by molar-refractivity contribution is 7.91. The smallest absolute Gasteiger partial charge is 0.256 e. The van der Waals surface area contributed by atoms with E-state index in [-0.39, 0.29) is 22.1 Å². The van der Waals surface area contributed by atoms with E-state index in [4.69, 9.17) is 0 Å². The number of fused-ring (bicyclic) bond motifs is 1. The minimum Gasteiger partial charge on any atom is -0.506 e. The van der Waals surface area contributed by atoms with Gasteiger partial charge in [0, 0.05) is 23.7 Å². The van der Waals surface area contributed by atoms with Crippen molar-refractivity contribution in [3.8, 4) is 17.0 Å². The Morgan fingerprint density at radius 1 is 1.12 bits per heavy atom. The maximum absolute atomic E-state index is 13.2. The van der Waals surface area contributed by atoms with Crippen molar-refractivity contribution in [2.24, 2.45) is 0 Å². The van der Waals surface area contributed by atoms with Gasteiger partial charge in [-0.05, 0) is 37.3 Å². The number of aromatic nitrogens is 3. The van der Waals surface area contributed by atoms with Crippen LogP contribution in [0.4, 0.5) is 5.69 Å². The molecular weight excluding hydrogens is 428 g/mol. The molecule has 0 fully saturated rings. The Hall–Kier alpha value is -3.72. The third kappa shape index (κ3) is 4.06. The number of rotatable bonds is 6. The lowest BCUT2D eigenvalue weighted by atomic mass is 10.0. The van der Waals surface area contributed by atoms with Gasteiger partial charge in [0.15, 0.2) is 9.84 Å². The maximum atomic E-state index is 13.2. The second kappa shape index (κ2) is 8.43. The molecule has 2 aromatic carbocycles. The molecule has 2 heterocycles. The number of benzene rings is 2. The normalized spacial score (nSPS) is 11.6. The lowest BCUT2D eigenvalue weighted by Crippen LogP contribution is -2.14. The van der Waals surface area contributed by atoms with E-state index in [1.54, 1.807) is 23.0 Å². The molecule has 1 amide bonds. The Bertz CT molecular complexity index is 1430. The van der Waals surface area contributed by atoms with E-state index in [1.165, 1.54) is 25.1 Å². The number of hydrogen-bond donors (Lipinski definition) is 2. The number of carbonyl (C=O) groups is 1. The number of nitrogens with zero attached hydrogens (tertiary/aromatic N) is 3. The van der Waals surface area contributed by atoms with Crippen LogP contribution in [0.25, 0.3) is 22.2 Å². The number of phenolic OH excluding ortho intramolecular Hbond substituents is 1. The monoisotopic (exact) mass is 450 g/mol. The molecule has 9 heteroatoms. The number of phenols is 1. The molecular formula is C23H22N4O4S. The molecule has 0 unspecified atom stereocenters. The molecule has 0 saturated carbocycles. The van der Waals surface area contributed by atoms with Gasteiger partial charge in [0.05, 0.1) is 39.3 Å². The fourth-order valence-corrected chi connectivity index (χ4v) is 4.25. The average molecular weight is 451 g/mol. The van der Waals surface area contributed by atoms with Gasteiger partial charge in [-0.15, -0.1) is 0 Å². The standard InChI is InChI=1S/C23H22N4O4S/c1-3-27-14-15(13-24-27)20-12-18(17-7-5-6-8-19(17)25-20)23(29)26-21-11-16(9-10-22(21)28)32(30,31)4-2/h5-14,28H,3-4H2,1-2H3,(H,26,29). The van der Waals surface area contributed by atoms with Gasteiger partial charge in [-0.2, -0.15) is 5.10 Å². The number of para-hydroxylation sites is 1. The molecule has 0 atom stereocenters. The number of nitrogens with one attached hydrogen (secondary N) is 1. The van der Waals surface area contributed by atoms with Crippen LogP contribution < -0.4 is 5.32 Å². The number of anilines is 1. The van der Waals surface area contributed by atoms with Crippen LogP contribution in [0, 0.1) is 0 Å². The number of aromatic hydroxyl groups is 1. The Kier molecular flexibility index (Phi) is 5.67. The van der Waals surface area contributed by atoms with Crippen LogP contribution in [-0.4, -0.2) is 39.9 Å². The first-order valence-electron chi connectivity index (χ1n) is 10.1. The number of carbonyl (C=O) groups excluding carboxylic acids is 1. The van der Waals surface area contributed by atoms with Crippen molar-refractivity contribution in [2.45, 2.75) is 25.3 Å². The number of amides is 1. The Balaban J connectivity index is 1.78. The minimum atomic E-state index is -3.50. The summed E-state index contributed by atoms with van der Waals surface area (Å²) in [5.74, 6) is -0.806. The summed E-state index contributed by atoms with van der Waals surface area (Å²) in [5.41, 5.74) is 2.35. The first-order valence-corrected chi connectivity index (χ1v) is 11.8. The third-order valence-corrected chi connectivity index (χ3v) is 6.90. The lowest BCUT2D eigenvalue weighted by Gasteiger charge is -2.12. The van der Waals surface area contributed by atoms with Crippen LogP contribution in [0.15, 0.2) is 65.8 Å². The SMILES string of the molecule is CCn1cc(-c2cc(C(=O)Nc3cc(S(=O)(=O)CC)ccc3O)c3ccccc3n2)cn1. The predicted octanol–water partition coefficient (Wildman–Crippen LogP) is 3.87.